The minimum Gasteiger partial charge on any atom is -0.376 e. The molecular formula is C8H7F2NO. The molecule has 0 aromatic heterocycles. The van der Waals surface area contributed by atoms with Crippen molar-refractivity contribution in [2.24, 2.45) is 0 Å². The molecule has 64 valence electrons. The Morgan fingerprint density at radius 1 is 1.42 bits per heavy atom. The van der Waals surface area contributed by atoms with Gasteiger partial charge in [0.2, 0.25) is 0 Å². The van der Waals surface area contributed by atoms with Gasteiger partial charge in [-0.15, -0.1) is 0 Å². The van der Waals surface area contributed by atoms with Gasteiger partial charge in [0.1, 0.15) is 17.9 Å². The quantitative estimate of drug-likeness (QED) is 0.699. The van der Waals surface area contributed by atoms with E-state index in [1.807, 2.05) is 0 Å². The lowest BCUT2D eigenvalue weighted by molar-refractivity contribution is -0.106. The molecule has 0 aliphatic carbocycles. The van der Waals surface area contributed by atoms with Gasteiger partial charge in [-0.3, -0.25) is 0 Å². The van der Waals surface area contributed by atoms with Crippen LogP contribution in [0.15, 0.2) is 18.2 Å². The van der Waals surface area contributed by atoms with Crippen LogP contribution in [-0.4, -0.2) is 12.8 Å². The van der Waals surface area contributed by atoms with Gasteiger partial charge in [-0.25, -0.2) is 8.78 Å². The second-order valence-electron chi connectivity index (χ2n) is 2.17. The van der Waals surface area contributed by atoms with E-state index in [9.17, 15) is 13.6 Å². The van der Waals surface area contributed by atoms with Crippen molar-refractivity contribution in [1.82, 2.24) is 0 Å². The molecule has 4 heteroatoms. The zero-order chi connectivity index (χ0) is 8.97. The molecule has 1 N–H and O–H groups in total. The molecule has 1 aromatic carbocycles. The van der Waals surface area contributed by atoms with Crippen molar-refractivity contribution in [3.05, 3.63) is 29.8 Å². The Morgan fingerprint density at radius 2 is 2.17 bits per heavy atom. The minimum atomic E-state index is -0.697. The van der Waals surface area contributed by atoms with Crippen molar-refractivity contribution < 1.29 is 13.6 Å². The largest absolute Gasteiger partial charge is 0.376 e. The molecule has 1 rings (SSSR count). The maximum Gasteiger partial charge on any atom is 0.149 e. The molecule has 0 spiro atoms. The van der Waals surface area contributed by atoms with Gasteiger partial charge in [0, 0.05) is 6.07 Å². The van der Waals surface area contributed by atoms with Crippen LogP contribution < -0.4 is 5.32 Å². The third-order valence-electron chi connectivity index (χ3n) is 1.31. The summed E-state index contributed by atoms with van der Waals surface area (Å²) in [4.78, 5) is 9.90. The van der Waals surface area contributed by atoms with Gasteiger partial charge < -0.3 is 10.1 Å². The Labute approximate surface area is 68.2 Å². The maximum atomic E-state index is 12.8. The number of benzene rings is 1. The number of nitrogens with one attached hydrogen (secondary N) is 1. The standard InChI is InChI=1S/C8H7F2NO/c9-6-1-2-8(7(10)5-6)11-3-4-12/h1-2,4-5,11H,3H2. The van der Waals surface area contributed by atoms with E-state index in [0.717, 1.165) is 12.1 Å². The average Bonchev–Trinajstić information content (AvgIpc) is 2.03. The Balaban J connectivity index is 2.78. The zero-order valence-electron chi connectivity index (χ0n) is 6.18. The fraction of sp³-hybridized carbons (Fsp3) is 0.125. The van der Waals surface area contributed by atoms with Gasteiger partial charge in [-0.1, -0.05) is 0 Å². The maximum absolute atomic E-state index is 12.8. The summed E-state index contributed by atoms with van der Waals surface area (Å²) in [5.74, 6) is -1.33. The molecule has 12 heavy (non-hydrogen) atoms. The van der Waals surface area contributed by atoms with E-state index in [1.165, 1.54) is 6.07 Å². The van der Waals surface area contributed by atoms with Crippen LogP contribution in [0.25, 0.3) is 0 Å². The smallest absolute Gasteiger partial charge is 0.149 e. The topological polar surface area (TPSA) is 29.1 Å². The molecule has 0 aliphatic heterocycles. The number of halogens is 2. The molecule has 0 amide bonds. The zero-order valence-corrected chi connectivity index (χ0v) is 6.18. The van der Waals surface area contributed by atoms with Crippen molar-refractivity contribution in [3.8, 4) is 0 Å². The summed E-state index contributed by atoms with van der Waals surface area (Å²) in [5.41, 5.74) is 0.128. The summed E-state index contributed by atoms with van der Waals surface area (Å²) in [6, 6.07) is 3.12. The number of carbonyl (C=O) groups is 1. The van der Waals surface area contributed by atoms with E-state index < -0.39 is 11.6 Å². The predicted octanol–water partition coefficient (Wildman–Crippen LogP) is 1.58. The minimum absolute atomic E-state index is 0.0164. The lowest BCUT2D eigenvalue weighted by atomic mass is 10.3. The fourth-order valence-corrected chi connectivity index (χ4v) is 0.784. The highest BCUT2D eigenvalue weighted by Gasteiger charge is 2.01. The predicted molar refractivity (Wildman–Crippen MR) is 40.9 cm³/mol. The Morgan fingerprint density at radius 3 is 2.75 bits per heavy atom. The van der Waals surface area contributed by atoms with Gasteiger partial charge in [-0.2, -0.15) is 0 Å². The van der Waals surface area contributed by atoms with Crippen molar-refractivity contribution in [1.29, 1.82) is 0 Å². The number of aldehydes is 1. The SMILES string of the molecule is O=CCNc1ccc(F)cc1F. The molecule has 0 saturated carbocycles. The number of rotatable bonds is 3. The van der Waals surface area contributed by atoms with E-state index in [0.29, 0.717) is 6.29 Å². The first-order chi connectivity index (χ1) is 5.74. The van der Waals surface area contributed by atoms with Gasteiger partial charge in [0.15, 0.2) is 0 Å². The Bertz CT molecular complexity index is 288. The second kappa shape index (κ2) is 3.80. The van der Waals surface area contributed by atoms with Crippen molar-refractivity contribution in [2.45, 2.75) is 0 Å². The molecule has 0 aliphatic rings. The van der Waals surface area contributed by atoms with Crippen LogP contribution in [0.4, 0.5) is 14.5 Å². The lowest BCUT2D eigenvalue weighted by Gasteiger charge is -2.02. The van der Waals surface area contributed by atoms with Crippen LogP contribution >= 0.6 is 0 Å². The fourth-order valence-electron chi connectivity index (χ4n) is 0.784. The van der Waals surface area contributed by atoms with Gasteiger partial charge in [0.25, 0.3) is 0 Å². The van der Waals surface area contributed by atoms with E-state index in [1.54, 1.807) is 0 Å². The normalized spacial score (nSPS) is 9.50. The van der Waals surface area contributed by atoms with Crippen LogP contribution in [0.5, 0.6) is 0 Å². The summed E-state index contributed by atoms with van der Waals surface area (Å²) >= 11 is 0. The highest BCUT2D eigenvalue weighted by atomic mass is 19.1. The second-order valence-corrected chi connectivity index (χ2v) is 2.17. The average molecular weight is 171 g/mol. The van der Waals surface area contributed by atoms with E-state index >= 15 is 0 Å². The molecule has 0 fully saturated rings. The molecule has 0 saturated heterocycles. The van der Waals surface area contributed by atoms with Crippen molar-refractivity contribution in [2.75, 3.05) is 11.9 Å². The van der Waals surface area contributed by atoms with Crippen LogP contribution in [-0.2, 0) is 4.79 Å². The summed E-state index contributed by atoms with van der Waals surface area (Å²) in [6.07, 6.45) is 0.600. The number of hydrogen-bond donors (Lipinski definition) is 1. The number of hydrogen-bond acceptors (Lipinski definition) is 2. The first-order valence-electron chi connectivity index (χ1n) is 3.36. The molecule has 2 nitrogen and oxygen atoms in total. The molecule has 1 aromatic rings. The Hall–Kier alpha value is -1.45. The molecular weight excluding hydrogens is 164 g/mol. The van der Waals surface area contributed by atoms with Crippen molar-refractivity contribution >= 4 is 12.0 Å². The van der Waals surface area contributed by atoms with E-state index in [4.69, 9.17) is 0 Å². The summed E-state index contributed by atoms with van der Waals surface area (Å²) in [7, 11) is 0. The summed E-state index contributed by atoms with van der Waals surface area (Å²) in [6.45, 7) is 0.0164. The molecule has 0 radical (unpaired) electrons. The number of anilines is 1. The van der Waals surface area contributed by atoms with Gasteiger partial charge in [-0.05, 0) is 12.1 Å². The lowest BCUT2D eigenvalue weighted by Crippen LogP contribution is -2.03. The highest BCUT2D eigenvalue weighted by Crippen LogP contribution is 2.13. The molecule has 0 bridgehead atoms. The van der Waals surface area contributed by atoms with E-state index in [2.05, 4.69) is 5.32 Å². The van der Waals surface area contributed by atoms with E-state index in [-0.39, 0.29) is 12.2 Å². The molecule has 0 unspecified atom stereocenters. The van der Waals surface area contributed by atoms with Gasteiger partial charge in [0.05, 0.1) is 12.2 Å². The highest BCUT2D eigenvalue weighted by molar-refractivity contribution is 5.59. The molecule has 0 atom stereocenters. The van der Waals surface area contributed by atoms with Crippen molar-refractivity contribution in [3.63, 3.8) is 0 Å². The number of carbonyl (C=O) groups excluding carboxylic acids is 1. The summed E-state index contributed by atoms with van der Waals surface area (Å²) < 4.78 is 25.1. The van der Waals surface area contributed by atoms with Crippen LogP contribution in [0.1, 0.15) is 0 Å². The van der Waals surface area contributed by atoms with Crippen LogP contribution in [0.3, 0.4) is 0 Å². The monoisotopic (exact) mass is 171 g/mol. The first-order valence-corrected chi connectivity index (χ1v) is 3.36. The van der Waals surface area contributed by atoms with Gasteiger partial charge >= 0.3 is 0 Å². The molecule has 0 heterocycles. The summed E-state index contributed by atoms with van der Waals surface area (Å²) in [5, 5.41) is 2.48. The third kappa shape index (κ3) is 2.02. The third-order valence-corrected chi connectivity index (χ3v) is 1.31. The Kier molecular flexibility index (Phi) is 2.74. The first kappa shape index (κ1) is 8.64. The van der Waals surface area contributed by atoms with Crippen LogP contribution in [0.2, 0.25) is 0 Å². The van der Waals surface area contributed by atoms with Crippen LogP contribution in [0, 0.1) is 11.6 Å².